The van der Waals surface area contributed by atoms with Crippen molar-refractivity contribution in [2.45, 2.75) is 20.5 Å². The van der Waals surface area contributed by atoms with Gasteiger partial charge in [-0.1, -0.05) is 47.5 Å². The van der Waals surface area contributed by atoms with Gasteiger partial charge in [0.25, 0.3) is 5.91 Å². The maximum absolute atomic E-state index is 12.3. The van der Waals surface area contributed by atoms with E-state index in [0.29, 0.717) is 40.3 Å². The lowest BCUT2D eigenvalue weighted by molar-refractivity contribution is 0.0955. The van der Waals surface area contributed by atoms with Gasteiger partial charge in [-0.3, -0.25) is 4.79 Å². The second-order valence-electron chi connectivity index (χ2n) is 6.83. The van der Waals surface area contributed by atoms with Crippen LogP contribution in [0.4, 0.5) is 0 Å². The molecule has 32 heavy (non-hydrogen) atoms. The van der Waals surface area contributed by atoms with Gasteiger partial charge < -0.3 is 9.47 Å². The van der Waals surface area contributed by atoms with Crippen LogP contribution in [0.15, 0.2) is 59.7 Å². The van der Waals surface area contributed by atoms with E-state index >= 15 is 0 Å². The lowest BCUT2D eigenvalue weighted by Crippen LogP contribution is -2.18. The number of benzene rings is 3. The topological polar surface area (TPSA) is 59.9 Å². The largest absolute Gasteiger partial charge is 0.490 e. The zero-order valence-corrected chi connectivity index (χ0v) is 21.2. The van der Waals surface area contributed by atoms with Crippen LogP contribution < -0.4 is 14.9 Å². The van der Waals surface area contributed by atoms with E-state index in [2.05, 4.69) is 33.1 Å². The predicted molar refractivity (Wildman–Crippen MR) is 137 cm³/mol. The molecule has 0 bridgehead atoms. The molecule has 0 aliphatic rings. The van der Waals surface area contributed by atoms with Crippen molar-refractivity contribution >= 4 is 57.9 Å². The van der Waals surface area contributed by atoms with E-state index in [0.717, 1.165) is 20.3 Å². The van der Waals surface area contributed by atoms with Crippen LogP contribution in [0.1, 0.15) is 34.0 Å². The molecule has 166 valence electrons. The smallest absolute Gasteiger partial charge is 0.272 e. The highest BCUT2D eigenvalue weighted by Gasteiger charge is 2.13. The first-order chi connectivity index (χ1) is 15.4. The molecule has 1 N–H and O–H groups in total. The molecule has 0 spiro atoms. The van der Waals surface area contributed by atoms with Crippen LogP contribution in [0.5, 0.6) is 11.5 Å². The van der Waals surface area contributed by atoms with Crippen LogP contribution in [-0.4, -0.2) is 18.7 Å². The van der Waals surface area contributed by atoms with Gasteiger partial charge in [-0.15, -0.1) is 0 Å². The number of nitrogens with one attached hydrogen (secondary N) is 1. The van der Waals surface area contributed by atoms with E-state index in [1.165, 1.54) is 0 Å². The fourth-order valence-electron chi connectivity index (χ4n) is 2.86. The molecule has 0 aromatic heterocycles. The van der Waals surface area contributed by atoms with Crippen molar-refractivity contribution in [1.29, 1.82) is 0 Å². The van der Waals surface area contributed by atoms with Crippen molar-refractivity contribution < 1.29 is 14.3 Å². The van der Waals surface area contributed by atoms with Crippen molar-refractivity contribution in [2.75, 3.05) is 6.61 Å². The van der Waals surface area contributed by atoms with Crippen molar-refractivity contribution in [3.05, 3.63) is 90.5 Å². The number of hydrogen-bond donors (Lipinski definition) is 1. The summed E-state index contributed by atoms with van der Waals surface area (Å²) in [5.41, 5.74) is 5.48. The molecule has 8 heteroatoms. The van der Waals surface area contributed by atoms with E-state index in [1.54, 1.807) is 18.3 Å². The summed E-state index contributed by atoms with van der Waals surface area (Å²) in [7, 11) is 0. The summed E-state index contributed by atoms with van der Waals surface area (Å²) in [5.74, 6) is 0.825. The summed E-state index contributed by atoms with van der Waals surface area (Å²) in [5, 5.41) is 5.09. The standard InChI is InChI=1S/C24H21Cl2IN2O3/c1-3-31-22-12-16(13-28-29-24(30)18-9-8-15(2)10-20(18)26)11-21(27)23(22)32-14-17-6-4-5-7-19(17)25/h4-13H,3,14H2,1-2H3,(H,29,30)/b28-13-. The predicted octanol–water partition coefficient (Wildman–Crippen LogP) is 6.65. The second-order valence-corrected chi connectivity index (χ2v) is 8.80. The first kappa shape index (κ1) is 24.4. The quantitative estimate of drug-likeness (QED) is 0.184. The Kier molecular flexibility index (Phi) is 8.78. The van der Waals surface area contributed by atoms with Gasteiger partial charge in [-0.05, 0) is 77.9 Å². The van der Waals surface area contributed by atoms with Crippen molar-refractivity contribution in [3.8, 4) is 11.5 Å². The van der Waals surface area contributed by atoms with Crippen LogP contribution >= 0.6 is 45.8 Å². The molecule has 3 rings (SSSR count). The minimum atomic E-state index is -0.384. The number of carbonyl (C=O) groups is 1. The highest BCUT2D eigenvalue weighted by molar-refractivity contribution is 14.1. The molecule has 0 aliphatic heterocycles. The fraction of sp³-hybridized carbons (Fsp3) is 0.167. The van der Waals surface area contributed by atoms with Crippen molar-refractivity contribution in [1.82, 2.24) is 5.43 Å². The molecular formula is C24H21Cl2IN2O3. The molecule has 0 saturated heterocycles. The Morgan fingerprint density at radius 2 is 1.88 bits per heavy atom. The van der Waals surface area contributed by atoms with Crippen LogP contribution in [0.2, 0.25) is 10.0 Å². The molecule has 0 aliphatic carbocycles. The first-order valence-electron chi connectivity index (χ1n) is 9.81. The van der Waals surface area contributed by atoms with Gasteiger partial charge in [0.05, 0.1) is 27.0 Å². The monoisotopic (exact) mass is 582 g/mol. The molecule has 0 radical (unpaired) electrons. The van der Waals surface area contributed by atoms with Gasteiger partial charge in [0.2, 0.25) is 0 Å². The number of hydrogen-bond acceptors (Lipinski definition) is 4. The Bertz CT molecular complexity index is 1150. The van der Waals surface area contributed by atoms with E-state index in [-0.39, 0.29) is 5.91 Å². The van der Waals surface area contributed by atoms with Crippen LogP contribution in [0, 0.1) is 10.5 Å². The Labute approximate surface area is 210 Å². The number of nitrogens with zero attached hydrogens (tertiary/aromatic N) is 1. The fourth-order valence-corrected chi connectivity index (χ4v) is 4.15. The third kappa shape index (κ3) is 6.37. The van der Waals surface area contributed by atoms with E-state index in [4.69, 9.17) is 32.7 Å². The lowest BCUT2D eigenvalue weighted by atomic mass is 10.1. The minimum absolute atomic E-state index is 0.316. The normalized spacial score (nSPS) is 10.9. The minimum Gasteiger partial charge on any atom is -0.490 e. The zero-order chi connectivity index (χ0) is 23.1. The van der Waals surface area contributed by atoms with Crippen molar-refractivity contribution in [3.63, 3.8) is 0 Å². The van der Waals surface area contributed by atoms with Gasteiger partial charge in [-0.25, -0.2) is 5.43 Å². The summed E-state index contributed by atoms with van der Waals surface area (Å²) < 4.78 is 12.6. The number of carbonyl (C=O) groups excluding carboxylic acids is 1. The van der Waals surface area contributed by atoms with Gasteiger partial charge in [0.1, 0.15) is 6.61 Å². The number of ether oxygens (including phenoxy) is 2. The summed E-state index contributed by atoms with van der Waals surface area (Å²) >= 11 is 14.6. The summed E-state index contributed by atoms with van der Waals surface area (Å²) in [4.78, 5) is 12.3. The molecule has 3 aromatic rings. The van der Waals surface area contributed by atoms with Gasteiger partial charge >= 0.3 is 0 Å². The zero-order valence-electron chi connectivity index (χ0n) is 17.5. The number of rotatable bonds is 8. The van der Waals surface area contributed by atoms with Crippen LogP contribution in [-0.2, 0) is 6.61 Å². The van der Waals surface area contributed by atoms with Gasteiger partial charge in [0.15, 0.2) is 11.5 Å². The summed E-state index contributed by atoms with van der Waals surface area (Å²) in [6.45, 7) is 4.60. The third-order valence-electron chi connectivity index (χ3n) is 4.41. The third-order valence-corrected chi connectivity index (χ3v) is 5.89. The average molecular weight is 583 g/mol. The Morgan fingerprint density at radius 1 is 1.09 bits per heavy atom. The number of amides is 1. The molecule has 0 atom stereocenters. The van der Waals surface area contributed by atoms with Gasteiger partial charge in [-0.2, -0.15) is 5.10 Å². The maximum Gasteiger partial charge on any atom is 0.272 e. The molecule has 5 nitrogen and oxygen atoms in total. The number of hydrazone groups is 1. The highest BCUT2D eigenvalue weighted by atomic mass is 127. The van der Waals surface area contributed by atoms with Crippen LogP contribution in [0.3, 0.4) is 0 Å². The number of halogens is 3. The van der Waals surface area contributed by atoms with Crippen LogP contribution in [0.25, 0.3) is 0 Å². The lowest BCUT2D eigenvalue weighted by Gasteiger charge is -2.15. The maximum atomic E-state index is 12.3. The van der Waals surface area contributed by atoms with E-state index in [1.807, 2.05) is 56.3 Å². The molecule has 3 aromatic carbocycles. The summed E-state index contributed by atoms with van der Waals surface area (Å²) in [6, 6.07) is 16.5. The highest BCUT2D eigenvalue weighted by Crippen LogP contribution is 2.35. The van der Waals surface area contributed by atoms with E-state index < -0.39 is 0 Å². The second kappa shape index (κ2) is 11.5. The molecule has 0 fully saturated rings. The molecule has 0 saturated carbocycles. The van der Waals surface area contributed by atoms with E-state index in [9.17, 15) is 4.79 Å². The number of aryl methyl sites for hydroxylation is 1. The molecular weight excluding hydrogens is 562 g/mol. The average Bonchev–Trinajstić information content (AvgIpc) is 2.74. The Balaban J connectivity index is 1.74. The molecule has 0 unspecified atom stereocenters. The van der Waals surface area contributed by atoms with Gasteiger partial charge in [0, 0.05) is 10.6 Å². The Morgan fingerprint density at radius 3 is 2.59 bits per heavy atom. The molecule has 1 amide bonds. The molecule has 0 heterocycles. The SMILES string of the molecule is CCOc1cc(/C=N\NC(=O)c2ccc(C)cc2Cl)cc(I)c1OCc1ccccc1Cl. The Hall–Kier alpha value is -2.29. The summed E-state index contributed by atoms with van der Waals surface area (Å²) in [6.07, 6.45) is 1.54. The van der Waals surface area contributed by atoms with Crippen molar-refractivity contribution in [2.24, 2.45) is 5.10 Å². The first-order valence-corrected chi connectivity index (χ1v) is 11.6.